The highest BCUT2D eigenvalue weighted by Crippen LogP contribution is 2.32. The van der Waals surface area contributed by atoms with Crippen molar-refractivity contribution in [1.82, 2.24) is 0 Å². The molecule has 1 aliphatic rings. The van der Waals surface area contributed by atoms with Gasteiger partial charge < -0.3 is 10.6 Å². The van der Waals surface area contributed by atoms with Crippen LogP contribution in [0.15, 0.2) is 24.3 Å². The molecule has 0 aliphatic carbocycles. The van der Waals surface area contributed by atoms with E-state index >= 15 is 0 Å². The second-order valence-electron chi connectivity index (χ2n) is 4.53. The van der Waals surface area contributed by atoms with Crippen LogP contribution in [0, 0.1) is 5.92 Å². The van der Waals surface area contributed by atoms with Crippen LogP contribution >= 0.6 is 0 Å². The summed E-state index contributed by atoms with van der Waals surface area (Å²) in [6.07, 6.45) is 0.944. The molecule has 1 aromatic carbocycles. The van der Waals surface area contributed by atoms with Gasteiger partial charge >= 0.3 is 0 Å². The van der Waals surface area contributed by atoms with Gasteiger partial charge in [0.1, 0.15) is 0 Å². The number of nitrogens with two attached hydrogens (primary N) is 1. The minimum absolute atomic E-state index is 0.103. The Morgan fingerprint density at radius 3 is 2.94 bits per heavy atom. The Bertz CT molecular complexity index is 403. The zero-order valence-electron chi connectivity index (χ0n) is 9.81. The number of anilines is 1. The Balaban J connectivity index is 2.32. The number of carbonyl (C=O) groups excluding carboxylic acids is 1. The minimum Gasteiger partial charge on any atom is -0.330 e. The average Bonchev–Trinajstić information content (AvgIpc) is 2.63. The van der Waals surface area contributed by atoms with Gasteiger partial charge in [0.2, 0.25) is 5.91 Å². The van der Waals surface area contributed by atoms with Crippen LogP contribution < -0.4 is 10.6 Å². The first-order valence-corrected chi connectivity index (χ1v) is 5.76. The molecule has 0 fully saturated rings. The van der Waals surface area contributed by atoms with E-state index in [9.17, 15) is 4.79 Å². The maximum atomic E-state index is 12.2. The predicted octanol–water partition coefficient (Wildman–Crippen LogP) is 1.56. The van der Waals surface area contributed by atoms with E-state index in [1.807, 2.05) is 30.0 Å². The van der Waals surface area contributed by atoms with Gasteiger partial charge in [-0.3, -0.25) is 4.79 Å². The van der Waals surface area contributed by atoms with Crippen LogP contribution in [-0.4, -0.2) is 18.5 Å². The van der Waals surface area contributed by atoms with Gasteiger partial charge in [-0.05, 0) is 25.0 Å². The van der Waals surface area contributed by atoms with Gasteiger partial charge in [-0.2, -0.15) is 0 Å². The van der Waals surface area contributed by atoms with Gasteiger partial charge in [-0.25, -0.2) is 0 Å². The highest BCUT2D eigenvalue weighted by Gasteiger charge is 2.32. The molecule has 0 saturated heterocycles. The third kappa shape index (κ3) is 1.71. The lowest BCUT2D eigenvalue weighted by Gasteiger charge is -2.25. The maximum Gasteiger partial charge on any atom is 0.231 e. The molecule has 3 heteroatoms. The Kier molecular flexibility index (Phi) is 2.97. The number of carbonyl (C=O) groups is 1. The summed E-state index contributed by atoms with van der Waals surface area (Å²) in [6.45, 7) is 4.38. The molecule has 2 atom stereocenters. The van der Waals surface area contributed by atoms with Gasteiger partial charge in [0.05, 0.1) is 0 Å². The molecule has 0 aromatic heterocycles. The number of rotatable bonds is 2. The van der Waals surface area contributed by atoms with Crippen molar-refractivity contribution in [2.24, 2.45) is 11.7 Å². The zero-order chi connectivity index (χ0) is 11.7. The third-order valence-electron chi connectivity index (χ3n) is 3.22. The number of nitrogens with zero attached hydrogens (tertiary/aromatic N) is 1. The molecular weight excluding hydrogens is 200 g/mol. The van der Waals surface area contributed by atoms with Crippen LogP contribution in [-0.2, 0) is 11.2 Å². The largest absolute Gasteiger partial charge is 0.330 e. The van der Waals surface area contributed by atoms with E-state index in [0.717, 1.165) is 12.1 Å². The topological polar surface area (TPSA) is 46.3 Å². The van der Waals surface area contributed by atoms with E-state index in [4.69, 9.17) is 5.73 Å². The first kappa shape index (κ1) is 11.1. The van der Waals surface area contributed by atoms with E-state index in [-0.39, 0.29) is 17.9 Å². The third-order valence-corrected chi connectivity index (χ3v) is 3.22. The number of benzene rings is 1. The standard InChI is InChI=1S/C13H18N2O/c1-9(8-14)13(16)15-10(2)7-11-5-3-4-6-12(11)15/h3-6,9-10H,7-8,14H2,1-2H3. The molecule has 2 N–H and O–H groups in total. The number of para-hydroxylation sites is 1. The van der Waals surface area contributed by atoms with Crippen LogP contribution in [0.3, 0.4) is 0 Å². The van der Waals surface area contributed by atoms with Crippen LogP contribution in [0.25, 0.3) is 0 Å². The van der Waals surface area contributed by atoms with Crippen molar-refractivity contribution in [1.29, 1.82) is 0 Å². The number of hydrogen-bond donors (Lipinski definition) is 1. The lowest BCUT2D eigenvalue weighted by atomic mass is 10.1. The van der Waals surface area contributed by atoms with Crippen molar-refractivity contribution in [2.75, 3.05) is 11.4 Å². The number of fused-ring (bicyclic) bond motifs is 1. The summed E-state index contributed by atoms with van der Waals surface area (Å²) in [6, 6.07) is 8.35. The second kappa shape index (κ2) is 4.26. The van der Waals surface area contributed by atoms with Crippen LogP contribution in [0.2, 0.25) is 0 Å². The second-order valence-corrected chi connectivity index (χ2v) is 4.53. The van der Waals surface area contributed by atoms with Crippen molar-refractivity contribution in [2.45, 2.75) is 26.3 Å². The van der Waals surface area contributed by atoms with Gasteiger partial charge in [-0.15, -0.1) is 0 Å². The molecular formula is C13H18N2O. The molecule has 86 valence electrons. The van der Waals surface area contributed by atoms with Gasteiger partial charge in [0.25, 0.3) is 0 Å². The molecule has 1 heterocycles. The van der Waals surface area contributed by atoms with Crippen LogP contribution in [0.5, 0.6) is 0 Å². The molecule has 0 spiro atoms. The first-order chi connectivity index (χ1) is 7.65. The molecule has 0 bridgehead atoms. The average molecular weight is 218 g/mol. The summed E-state index contributed by atoms with van der Waals surface area (Å²) in [7, 11) is 0. The molecule has 0 saturated carbocycles. The molecule has 1 amide bonds. The first-order valence-electron chi connectivity index (χ1n) is 5.76. The van der Waals surface area contributed by atoms with Crippen molar-refractivity contribution in [3.8, 4) is 0 Å². The van der Waals surface area contributed by atoms with E-state index < -0.39 is 0 Å². The summed E-state index contributed by atoms with van der Waals surface area (Å²) >= 11 is 0. The summed E-state index contributed by atoms with van der Waals surface area (Å²) in [5.74, 6) is 0.0357. The Hall–Kier alpha value is -1.35. The van der Waals surface area contributed by atoms with Crippen LogP contribution in [0.4, 0.5) is 5.69 Å². The fourth-order valence-corrected chi connectivity index (χ4v) is 2.24. The molecule has 1 aliphatic heterocycles. The summed E-state index contributed by atoms with van der Waals surface area (Å²) in [5.41, 5.74) is 7.87. The minimum atomic E-state index is -0.103. The fourth-order valence-electron chi connectivity index (χ4n) is 2.24. The number of amides is 1. The molecule has 2 rings (SSSR count). The number of hydrogen-bond acceptors (Lipinski definition) is 2. The highest BCUT2D eigenvalue weighted by atomic mass is 16.2. The summed E-state index contributed by atoms with van der Waals surface area (Å²) < 4.78 is 0. The van der Waals surface area contributed by atoms with Crippen molar-refractivity contribution in [3.05, 3.63) is 29.8 Å². The summed E-state index contributed by atoms with van der Waals surface area (Å²) in [5, 5.41) is 0. The van der Waals surface area contributed by atoms with Crippen molar-refractivity contribution < 1.29 is 4.79 Å². The normalized spacial score (nSPS) is 20.7. The molecule has 3 nitrogen and oxygen atoms in total. The Labute approximate surface area is 96.2 Å². The van der Waals surface area contributed by atoms with E-state index in [2.05, 4.69) is 13.0 Å². The quantitative estimate of drug-likeness (QED) is 0.818. The molecule has 1 aromatic rings. The smallest absolute Gasteiger partial charge is 0.231 e. The molecule has 16 heavy (non-hydrogen) atoms. The monoisotopic (exact) mass is 218 g/mol. The lowest BCUT2D eigenvalue weighted by Crippen LogP contribution is -2.41. The van der Waals surface area contributed by atoms with Crippen molar-refractivity contribution in [3.63, 3.8) is 0 Å². The van der Waals surface area contributed by atoms with E-state index in [0.29, 0.717) is 6.54 Å². The summed E-state index contributed by atoms with van der Waals surface area (Å²) in [4.78, 5) is 14.1. The molecule has 2 unspecified atom stereocenters. The van der Waals surface area contributed by atoms with E-state index in [1.54, 1.807) is 0 Å². The van der Waals surface area contributed by atoms with Crippen molar-refractivity contribution >= 4 is 11.6 Å². The van der Waals surface area contributed by atoms with E-state index in [1.165, 1.54) is 5.56 Å². The highest BCUT2D eigenvalue weighted by molar-refractivity contribution is 5.97. The SMILES string of the molecule is CC(CN)C(=O)N1c2ccccc2CC1C. The Morgan fingerprint density at radius 1 is 1.56 bits per heavy atom. The fraction of sp³-hybridized carbons (Fsp3) is 0.462. The predicted molar refractivity (Wildman–Crippen MR) is 65.3 cm³/mol. The van der Waals surface area contributed by atoms with Crippen LogP contribution in [0.1, 0.15) is 19.4 Å². The van der Waals surface area contributed by atoms with Gasteiger partial charge in [0.15, 0.2) is 0 Å². The lowest BCUT2D eigenvalue weighted by molar-refractivity contribution is -0.121. The van der Waals surface area contributed by atoms with Gasteiger partial charge in [-0.1, -0.05) is 25.1 Å². The zero-order valence-corrected chi connectivity index (χ0v) is 9.81. The maximum absolute atomic E-state index is 12.2. The Morgan fingerprint density at radius 2 is 2.25 bits per heavy atom. The van der Waals surface area contributed by atoms with Gasteiger partial charge in [0, 0.05) is 24.2 Å². The molecule has 0 radical (unpaired) electrons.